The first-order valence-corrected chi connectivity index (χ1v) is 12.4. The zero-order chi connectivity index (χ0) is 17.5. The van der Waals surface area contributed by atoms with E-state index in [1.54, 1.807) is 0 Å². The van der Waals surface area contributed by atoms with E-state index in [2.05, 4.69) is 74.4 Å². The molecule has 0 saturated heterocycles. The molecule has 22 heavy (non-hydrogen) atoms. The van der Waals surface area contributed by atoms with Gasteiger partial charge in [-0.25, -0.2) is 0 Å². The summed E-state index contributed by atoms with van der Waals surface area (Å²) in [6.07, 6.45) is 0. The van der Waals surface area contributed by atoms with E-state index in [-0.39, 0.29) is 5.04 Å². The predicted octanol–water partition coefficient (Wildman–Crippen LogP) is 6.98. The average Bonchev–Trinajstić information content (AvgIpc) is 2.35. The van der Waals surface area contributed by atoms with E-state index in [0.29, 0.717) is 17.8 Å². The molecular weight excluding hydrogens is 327 g/mol. The number of hydrogen-bond acceptors (Lipinski definition) is 0. The van der Waals surface area contributed by atoms with Crippen LogP contribution in [0.25, 0.3) is 0 Å². The summed E-state index contributed by atoms with van der Waals surface area (Å²) in [6, 6.07) is 4.68. The van der Waals surface area contributed by atoms with E-state index >= 15 is 0 Å². The Bertz CT molecular complexity index is 494. The first-order chi connectivity index (χ1) is 9.80. The quantitative estimate of drug-likeness (QED) is 0.402. The van der Waals surface area contributed by atoms with Crippen LogP contribution in [0.15, 0.2) is 12.1 Å². The lowest BCUT2D eigenvalue weighted by Gasteiger charge is -2.37. The third-order valence-corrected chi connectivity index (χ3v) is 12.0. The number of halogens is 2. The summed E-state index contributed by atoms with van der Waals surface area (Å²) in [4.78, 5) is 0. The van der Waals surface area contributed by atoms with Gasteiger partial charge in [0.1, 0.15) is 0 Å². The van der Waals surface area contributed by atoms with E-state index in [1.807, 2.05) is 0 Å². The topological polar surface area (TPSA) is 0 Å². The van der Waals surface area contributed by atoms with E-state index in [1.165, 1.54) is 21.9 Å². The summed E-state index contributed by atoms with van der Waals surface area (Å²) in [5.74, 6) is 1.37. The highest BCUT2D eigenvalue weighted by Gasteiger charge is 2.47. The van der Waals surface area contributed by atoms with Crippen molar-refractivity contribution in [2.75, 3.05) is 0 Å². The molecule has 0 aromatic heterocycles. The zero-order valence-electron chi connectivity index (χ0n) is 15.6. The van der Waals surface area contributed by atoms with Gasteiger partial charge in [-0.2, -0.15) is 0 Å². The van der Waals surface area contributed by atoms with Gasteiger partial charge in [0.15, 0.2) is 0 Å². The lowest BCUT2D eigenvalue weighted by atomic mass is 9.89. The molecule has 0 aliphatic carbocycles. The van der Waals surface area contributed by atoms with E-state index < -0.39 is 6.69 Å². The first-order valence-electron chi connectivity index (χ1n) is 8.36. The largest absolute Gasteiger partial charge is 0.286 e. The lowest BCUT2D eigenvalue weighted by molar-refractivity contribution is 0.745. The molecule has 0 spiro atoms. The van der Waals surface area contributed by atoms with Crippen LogP contribution < -0.4 is 5.19 Å². The maximum Gasteiger partial charge on any atom is 0.286 e. The Hall–Kier alpha value is 0.0169. The predicted molar refractivity (Wildman–Crippen MR) is 106 cm³/mol. The van der Waals surface area contributed by atoms with Gasteiger partial charge in [0.25, 0.3) is 6.69 Å². The van der Waals surface area contributed by atoms with Crippen molar-refractivity contribution in [2.45, 2.75) is 85.1 Å². The Morgan fingerprint density at radius 1 is 0.773 bits per heavy atom. The van der Waals surface area contributed by atoms with Crippen LogP contribution in [0.4, 0.5) is 0 Å². The molecule has 3 heteroatoms. The van der Waals surface area contributed by atoms with Crippen LogP contribution in [0.3, 0.4) is 0 Å². The van der Waals surface area contributed by atoms with Crippen molar-refractivity contribution in [3.05, 3.63) is 28.8 Å². The molecule has 0 atom stereocenters. The minimum Gasteiger partial charge on any atom is -0.139 e. The van der Waals surface area contributed by atoms with Crippen LogP contribution in [-0.4, -0.2) is 6.69 Å². The monoisotopic (exact) mass is 358 g/mol. The van der Waals surface area contributed by atoms with Gasteiger partial charge in [0.2, 0.25) is 0 Å². The summed E-state index contributed by atoms with van der Waals surface area (Å²) in [6.45, 7) is 17.4. The van der Waals surface area contributed by atoms with Gasteiger partial charge in [-0.05, 0) is 44.7 Å². The second-order valence-electron chi connectivity index (χ2n) is 8.36. The Labute approximate surface area is 148 Å². The molecule has 0 radical (unpaired) electrons. The molecule has 0 aliphatic rings. The second-order valence-corrected chi connectivity index (χ2v) is 15.5. The van der Waals surface area contributed by atoms with Crippen molar-refractivity contribution in [3.63, 3.8) is 0 Å². The minimum atomic E-state index is -2.61. The van der Waals surface area contributed by atoms with Gasteiger partial charge in [-0.3, -0.25) is 0 Å². The number of hydrogen-bond donors (Lipinski definition) is 0. The molecule has 1 rings (SSSR count). The molecule has 0 heterocycles. The standard InChI is InChI=1S/C19H32Cl2Si/c1-12(2)15-10-16(13(3)4)18(17(11-15)14(5)6)22(20,21)19(7,8)9/h10-14H,1-9H3. The summed E-state index contributed by atoms with van der Waals surface area (Å²) in [7, 11) is 0. The summed E-state index contributed by atoms with van der Waals surface area (Å²) >= 11 is 14.1. The molecule has 1 aromatic carbocycles. The van der Waals surface area contributed by atoms with Gasteiger partial charge < -0.3 is 0 Å². The fourth-order valence-electron chi connectivity index (χ4n) is 2.69. The Morgan fingerprint density at radius 2 is 1.14 bits per heavy atom. The van der Waals surface area contributed by atoms with Crippen LogP contribution in [-0.2, 0) is 0 Å². The van der Waals surface area contributed by atoms with Crippen molar-refractivity contribution in [2.24, 2.45) is 0 Å². The molecule has 0 bridgehead atoms. The van der Waals surface area contributed by atoms with E-state index in [0.717, 1.165) is 0 Å². The van der Waals surface area contributed by atoms with Crippen LogP contribution in [0.2, 0.25) is 5.04 Å². The van der Waals surface area contributed by atoms with Gasteiger partial charge in [0, 0.05) is 0 Å². The fourth-order valence-corrected chi connectivity index (χ4v) is 6.20. The van der Waals surface area contributed by atoms with Crippen molar-refractivity contribution in [1.29, 1.82) is 0 Å². The maximum absolute atomic E-state index is 7.07. The van der Waals surface area contributed by atoms with Gasteiger partial charge >= 0.3 is 0 Å². The molecular formula is C19H32Cl2Si. The third-order valence-electron chi connectivity index (χ3n) is 4.39. The zero-order valence-corrected chi connectivity index (χ0v) is 18.2. The lowest BCUT2D eigenvalue weighted by Crippen LogP contribution is -2.49. The molecule has 0 saturated carbocycles. The minimum absolute atomic E-state index is 0.0945. The summed E-state index contributed by atoms with van der Waals surface area (Å²) < 4.78 is 0. The van der Waals surface area contributed by atoms with Gasteiger partial charge in [-0.1, -0.05) is 74.4 Å². The Kier molecular flexibility index (Phi) is 6.26. The number of benzene rings is 1. The molecule has 0 nitrogen and oxygen atoms in total. The van der Waals surface area contributed by atoms with Crippen molar-refractivity contribution < 1.29 is 0 Å². The van der Waals surface area contributed by atoms with Crippen LogP contribution in [0, 0.1) is 0 Å². The van der Waals surface area contributed by atoms with E-state index in [9.17, 15) is 0 Å². The average molecular weight is 359 g/mol. The highest BCUT2D eigenvalue weighted by atomic mass is 35.7. The molecule has 0 aliphatic heterocycles. The molecule has 126 valence electrons. The first kappa shape index (κ1) is 20.1. The van der Waals surface area contributed by atoms with Crippen molar-refractivity contribution in [1.82, 2.24) is 0 Å². The maximum atomic E-state index is 7.07. The highest BCUT2D eigenvalue weighted by Crippen LogP contribution is 2.44. The molecule has 0 N–H and O–H groups in total. The summed E-state index contributed by atoms with van der Waals surface area (Å²) in [5, 5.41) is 1.17. The number of rotatable bonds is 4. The van der Waals surface area contributed by atoms with Gasteiger partial charge in [0.05, 0.1) is 0 Å². The molecule has 0 amide bonds. The SMILES string of the molecule is CC(C)c1cc(C(C)C)c([Si](Cl)(Cl)C(C)(C)C)c(C(C)C)c1. The van der Waals surface area contributed by atoms with Crippen LogP contribution in [0.5, 0.6) is 0 Å². The second kappa shape index (κ2) is 6.87. The fraction of sp³-hybridized carbons (Fsp3) is 0.684. The normalized spacial score (nSPS) is 13.5. The molecule has 1 aromatic rings. The molecule has 0 unspecified atom stereocenters. The Balaban J connectivity index is 3.81. The third kappa shape index (κ3) is 3.91. The van der Waals surface area contributed by atoms with Gasteiger partial charge in [-0.15, -0.1) is 22.2 Å². The van der Waals surface area contributed by atoms with Crippen molar-refractivity contribution >= 4 is 34.0 Å². The highest BCUT2D eigenvalue weighted by molar-refractivity contribution is 7.52. The van der Waals surface area contributed by atoms with E-state index in [4.69, 9.17) is 22.2 Å². The molecule has 0 fully saturated rings. The van der Waals surface area contributed by atoms with Crippen LogP contribution >= 0.6 is 22.2 Å². The van der Waals surface area contributed by atoms with Crippen molar-refractivity contribution in [3.8, 4) is 0 Å². The smallest absolute Gasteiger partial charge is 0.139 e. The summed E-state index contributed by atoms with van der Waals surface area (Å²) in [5.41, 5.74) is 4.09. The van der Waals surface area contributed by atoms with Crippen LogP contribution in [0.1, 0.15) is 96.8 Å². The Morgan fingerprint density at radius 3 is 1.36 bits per heavy atom.